The van der Waals surface area contributed by atoms with Crippen LogP contribution in [0.1, 0.15) is 21.6 Å². The molecule has 4 heteroatoms. The fraction of sp³-hybridized carbons (Fsp3) is 0.222. The summed E-state index contributed by atoms with van der Waals surface area (Å²) in [5.41, 5.74) is 2.49. The van der Waals surface area contributed by atoms with Gasteiger partial charge in [0.15, 0.2) is 6.29 Å². The number of carbonyl (C=O) groups excluding carboxylic acids is 1. The summed E-state index contributed by atoms with van der Waals surface area (Å²) in [7, 11) is 1.67. The summed E-state index contributed by atoms with van der Waals surface area (Å²) < 4.78 is 1.49. The SMILES string of the molecule is C=CCN(Cc1ccccc1)c1cc(C)n(C)c(=O)c1C=O. The topological polar surface area (TPSA) is 42.3 Å². The maximum atomic E-state index is 12.3. The van der Waals surface area contributed by atoms with E-state index in [1.807, 2.05) is 48.2 Å². The van der Waals surface area contributed by atoms with Crippen LogP contribution in [0.3, 0.4) is 0 Å². The second kappa shape index (κ2) is 6.89. The minimum atomic E-state index is -0.271. The molecule has 0 amide bonds. The molecule has 114 valence electrons. The zero-order valence-electron chi connectivity index (χ0n) is 13.0. The third-order valence-electron chi connectivity index (χ3n) is 3.71. The minimum absolute atomic E-state index is 0.186. The molecule has 1 aromatic carbocycles. The molecule has 0 fully saturated rings. The smallest absolute Gasteiger partial charge is 0.263 e. The summed E-state index contributed by atoms with van der Waals surface area (Å²) >= 11 is 0. The van der Waals surface area contributed by atoms with Gasteiger partial charge in [-0.15, -0.1) is 6.58 Å². The quantitative estimate of drug-likeness (QED) is 0.608. The van der Waals surface area contributed by atoms with Crippen molar-refractivity contribution in [2.45, 2.75) is 13.5 Å². The van der Waals surface area contributed by atoms with E-state index in [-0.39, 0.29) is 11.1 Å². The van der Waals surface area contributed by atoms with E-state index in [4.69, 9.17) is 0 Å². The Bertz CT molecular complexity index is 733. The number of aldehydes is 1. The van der Waals surface area contributed by atoms with E-state index in [9.17, 15) is 9.59 Å². The van der Waals surface area contributed by atoms with Crippen LogP contribution in [0.4, 0.5) is 5.69 Å². The Kier molecular flexibility index (Phi) is 4.94. The van der Waals surface area contributed by atoms with Crippen molar-refractivity contribution in [3.63, 3.8) is 0 Å². The van der Waals surface area contributed by atoms with Crippen molar-refractivity contribution >= 4 is 12.0 Å². The summed E-state index contributed by atoms with van der Waals surface area (Å²) in [4.78, 5) is 25.7. The molecule has 0 aliphatic heterocycles. The highest BCUT2D eigenvalue weighted by Crippen LogP contribution is 2.20. The van der Waals surface area contributed by atoms with E-state index in [1.165, 1.54) is 4.57 Å². The highest BCUT2D eigenvalue weighted by atomic mass is 16.1. The molecule has 2 rings (SSSR count). The third kappa shape index (κ3) is 3.17. The van der Waals surface area contributed by atoms with Crippen molar-refractivity contribution in [2.24, 2.45) is 7.05 Å². The standard InChI is InChI=1S/C18H20N2O2/c1-4-10-20(12-15-8-6-5-7-9-15)17-11-14(2)19(3)18(22)16(17)13-21/h4-9,11,13H,1,10,12H2,2-3H3. The lowest BCUT2D eigenvalue weighted by atomic mass is 10.1. The van der Waals surface area contributed by atoms with Crippen molar-refractivity contribution in [2.75, 3.05) is 11.4 Å². The van der Waals surface area contributed by atoms with Crippen LogP contribution in [0.2, 0.25) is 0 Å². The summed E-state index contributed by atoms with van der Waals surface area (Å²) in [5.74, 6) is 0. The van der Waals surface area contributed by atoms with E-state index in [1.54, 1.807) is 13.1 Å². The Labute approximate surface area is 130 Å². The molecular weight excluding hydrogens is 276 g/mol. The Hall–Kier alpha value is -2.62. The third-order valence-corrected chi connectivity index (χ3v) is 3.71. The molecule has 0 saturated heterocycles. The number of hydrogen-bond acceptors (Lipinski definition) is 3. The number of pyridine rings is 1. The average molecular weight is 296 g/mol. The van der Waals surface area contributed by atoms with E-state index in [0.717, 1.165) is 11.3 Å². The van der Waals surface area contributed by atoms with Crippen LogP contribution in [0.5, 0.6) is 0 Å². The summed E-state index contributed by atoms with van der Waals surface area (Å²) in [6.45, 7) is 6.80. The summed E-state index contributed by atoms with van der Waals surface area (Å²) in [6, 6.07) is 11.8. The molecule has 0 saturated carbocycles. The summed E-state index contributed by atoms with van der Waals surface area (Å²) in [6.07, 6.45) is 2.41. The molecule has 4 nitrogen and oxygen atoms in total. The predicted octanol–water partition coefficient (Wildman–Crippen LogP) is 2.70. The van der Waals surface area contributed by atoms with Gasteiger partial charge in [0.25, 0.3) is 5.56 Å². The molecule has 0 N–H and O–H groups in total. The first kappa shape index (κ1) is 15.8. The number of carbonyl (C=O) groups is 1. The van der Waals surface area contributed by atoms with Crippen LogP contribution in [-0.2, 0) is 13.6 Å². The van der Waals surface area contributed by atoms with Gasteiger partial charge in [-0.1, -0.05) is 36.4 Å². The number of hydrogen-bond donors (Lipinski definition) is 0. The van der Waals surface area contributed by atoms with Gasteiger partial charge in [-0.25, -0.2) is 0 Å². The molecule has 1 heterocycles. The summed E-state index contributed by atoms with van der Waals surface area (Å²) in [5, 5.41) is 0. The minimum Gasteiger partial charge on any atom is -0.363 e. The van der Waals surface area contributed by atoms with Crippen molar-refractivity contribution in [3.05, 3.63) is 76.2 Å². The molecule has 0 unspecified atom stereocenters. The van der Waals surface area contributed by atoms with Crippen LogP contribution in [0.15, 0.2) is 53.8 Å². The first-order valence-corrected chi connectivity index (χ1v) is 7.14. The number of nitrogens with zero attached hydrogens (tertiary/aromatic N) is 2. The fourth-order valence-corrected chi connectivity index (χ4v) is 2.40. The molecule has 0 aliphatic rings. The van der Waals surface area contributed by atoms with Gasteiger partial charge < -0.3 is 9.47 Å². The first-order valence-electron chi connectivity index (χ1n) is 7.14. The number of aryl methyl sites for hydroxylation is 1. The van der Waals surface area contributed by atoms with Crippen molar-refractivity contribution in [1.82, 2.24) is 4.57 Å². The molecule has 0 atom stereocenters. The second-order valence-corrected chi connectivity index (χ2v) is 5.22. The molecule has 0 bridgehead atoms. The molecule has 1 aromatic heterocycles. The molecule has 0 spiro atoms. The van der Waals surface area contributed by atoms with Crippen molar-refractivity contribution in [1.29, 1.82) is 0 Å². The van der Waals surface area contributed by atoms with Crippen molar-refractivity contribution in [3.8, 4) is 0 Å². The zero-order chi connectivity index (χ0) is 16.1. The Balaban J connectivity index is 2.51. The average Bonchev–Trinajstić information content (AvgIpc) is 2.53. The largest absolute Gasteiger partial charge is 0.363 e. The van der Waals surface area contributed by atoms with Gasteiger partial charge in [-0.2, -0.15) is 0 Å². The van der Waals surface area contributed by atoms with E-state index >= 15 is 0 Å². The van der Waals surface area contributed by atoms with Crippen LogP contribution in [-0.4, -0.2) is 17.4 Å². The number of aromatic nitrogens is 1. The van der Waals surface area contributed by atoms with Crippen LogP contribution >= 0.6 is 0 Å². The maximum absolute atomic E-state index is 12.3. The number of rotatable bonds is 6. The lowest BCUT2D eigenvalue weighted by Gasteiger charge is -2.25. The van der Waals surface area contributed by atoms with Crippen LogP contribution in [0, 0.1) is 6.92 Å². The molecule has 22 heavy (non-hydrogen) atoms. The lowest BCUT2D eigenvalue weighted by Crippen LogP contribution is -2.30. The van der Waals surface area contributed by atoms with Gasteiger partial charge in [0.1, 0.15) is 5.56 Å². The molecule has 0 radical (unpaired) electrons. The van der Waals surface area contributed by atoms with Gasteiger partial charge >= 0.3 is 0 Å². The van der Waals surface area contributed by atoms with Gasteiger partial charge in [0, 0.05) is 25.8 Å². The number of anilines is 1. The van der Waals surface area contributed by atoms with Gasteiger partial charge in [-0.3, -0.25) is 9.59 Å². The monoisotopic (exact) mass is 296 g/mol. The lowest BCUT2D eigenvalue weighted by molar-refractivity contribution is 0.112. The second-order valence-electron chi connectivity index (χ2n) is 5.22. The highest BCUT2D eigenvalue weighted by molar-refractivity contribution is 5.84. The Morgan fingerprint density at radius 1 is 1.27 bits per heavy atom. The Morgan fingerprint density at radius 2 is 1.95 bits per heavy atom. The Morgan fingerprint density at radius 3 is 2.55 bits per heavy atom. The van der Waals surface area contributed by atoms with Crippen LogP contribution in [0.25, 0.3) is 0 Å². The predicted molar refractivity (Wildman–Crippen MR) is 89.5 cm³/mol. The van der Waals surface area contributed by atoms with E-state index in [0.29, 0.717) is 25.1 Å². The van der Waals surface area contributed by atoms with E-state index in [2.05, 4.69) is 6.58 Å². The normalized spacial score (nSPS) is 10.3. The highest BCUT2D eigenvalue weighted by Gasteiger charge is 2.16. The maximum Gasteiger partial charge on any atom is 0.263 e. The first-order chi connectivity index (χ1) is 10.6. The van der Waals surface area contributed by atoms with Crippen LogP contribution < -0.4 is 10.5 Å². The molecule has 2 aromatic rings. The molecular formula is C18H20N2O2. The molecule has 0 aliphatic carbocycles. The fourth-order valence-electron chi connectivity index (χ4n) is 2.40. The van der Waals surface area contributed by atoms with Crippen molar-refractivity contribution < 1.29 is 4.79 Å². The van der Waals surface area contributed by atoms with Gasteiger partial charge in [0.2, 0.25) is 0 Å². The number of benzene rings is 1. The van der Waals surface area contributed by atoms with Gasteiger partial charge in [-0.05, 0) is 18.6 Å². The van der Waals surface area contributed by atoms with Gasteiger partial charge in [0.05, 0.1) is 5.69 Å². The zero-order valence-corrected chi connectivity index (χ0v) is 13.0. The van der Waals surface area contributed by atoms with E-state index < -0.39 is 0 Å².